The Morgan fingerprint density at radius 3 is 2.56 bits per heavy atom. The largest absolute Gasteiger partial charge is 0.494 e. The predicted octanol–water partition coefficient (Wildman–Crippen LogP) is 3.36. The van der Waals surface area contributed by atoms with Crippen LogP contribution in [0.1, 0.15) is 28.8 Å². The number of aromatic nitrogens is 2. The number of carbonyl (C=O) groups excluding carboxylic acids is 2. The van der Waals surface area contributed by atoms with Crippen molar-refractivity contribution in [1.29, 1.82) is 0 Å². The first kappa shape index (κ1) is 21.2. The van der Waals surface area contributed by atoms with E-state index in [0.29, 0.717) is 48.5 Å². The van der Waals surface area contributed by atoms with Crippen LogP contribution in [0.25, 0.3) is 10.9 Å². The van der Waals surface area contributed by atoms with E-state index in [4.69, 9.17) is 9.47 Å². The Labute approximate surface area is 186 Å². The summed E-state index contributed by atoms with van der Waals surface area (Å²) in [5.41, 5.74) is 2.90. The van der Waals surface area contributed by atoms with Gasteiger partial charge in [-0.15, -0.1) is 0 Å². The summed E-state index contributed by atoms with van der Waals surface area (Å²) in [5.74, 6) is 5.81. The van der Waals surface area contributed by atoms with Crippen molar-refractivity contribution in [2.75, 3.05) is 27.3 Å². The molecule has 0 saturated carbocycles. The zero-order chi connectivity index (χ0) is 22.5. The van der Waals surface area contributed by atoms with Gasteiger partial charge < -0.3 is 19.4 Å². The molecule has 0 unspecified atom stereocenters. The van der Waals surface area contributed by atoms with Crippen LogP contribution in [0, 0.1) is 11.8 Å². The Kier molecular flexibility index (Phi) is 6.22. The third-order valence-electron chi connectivity index (χ3n) is 5.45. The molecule has 4 rings (SSSR count). The van der Waals surface area contributed by atoms with E-state index in [1.807, 2.05) is 36.4 Å². The van der Waals surface area contributed by atoms with Gasteiger partial charge in [-0.2, -0.15) is 0 Å². The molecule has 1 aromatic carbocycles. The molecule has 162 valence electrons. The lowest BCUT2D eigenvalue weighted by molar-refractivity contribution is -0.126. The van der Waals surface area contributed by atoms with E-state index in [1.54, 1.807) is 4.90 Å². The molecule has 1 aliphatic heterocycles. The SMILES string of the molecule is COc1ncc(OC)c2c(C(=O)C(=O)N3CCC(=CC#Cc4ccccc4)CC3)c[nH]c12. The molecule has 1 amide bonds. The van der Waals surface area contributed by atoms with Gasteiger partial charge in [0.25, 0.3) is 11.7 Å². The monoisotopic (exact) mass is 429 g/mol. The molecule has 1 aliphatic rings. The fraction of sp³-hybridized carbons (Fsp3) is 0.240. The van der Waals surface area contributed by atoms with Gasteiger partial charge in [0.15, 0.2) is 0 Å². The highest BCUT2D eigenvalue weighted by molar-refractivity contribution is 6.45. The van der Waals surface area contributed by atoms with E-state index in [2.05, 4.69) is 21.8 Å². The number of aromatic amines is 1. The molecule has 7 nitrogen and oxygen atoms in total. The highest BCUT2D eigenvalue weighted by atomic mass is 16.5. The van der Waals surface area contributed by atoms with Gasteiger partial charge in [-0.05, 0) is 31.1 Å². The van der Waals surface area contributed by atoms with Crippen molar-refractivity contribution >= 4 is 22.6 Å². The smallest absolute Gasteiger partial charge is 0.295 e. The zero-order valence-electron chi connectivity index (χ0n) is 18.0. The van der Waals surface area contributed by atoms with Crippen LogP contribution < -0.4 is 9.47 Å². The van der Waals surface area contributed by atoms with Gasteiger partial charge in [0.05, 0.1) is 31.4 Å². The van der Waals surface area contributed by atoms with Crippen molar-refractivity contribution in [2.24, 2.45) is 0 Å². The Balaban J connectivity index is 1.46. The number of hydrogen-bond donors (Lipinski definition) is 1. The number of amides is 1. The summed E-state index contributed by atoms with van der Waals surface area (Å²) >= 11 is 0. The molecular weight excluding hydrogens is 406 g/mol. The summed E-state index contributed by atoms with van der Waals surface area (Å²) in [5, 5.41) is 0.492. The first-order valence-corrected chi connectivity index (χ1v) is 10.3. The van der Waals surface area contributed by atoms with Gasteiger partial charge >= 0.3 is 0 Å². The molecule has 0 radical (unpaired) electrons. The second-order valence-electron chi connectivity index (χ2n) is 7.35. The molecule has 0 bridgehead atoms. The van der Waals surface area contributed by atoms with E-state index in [-0.39, 0.29) is 5.56 Å². The van der Waals surface area contributed by atoms with Crippen LogP contribution in [-0.2, 0) is 4.79 Å². The number of carbonyl (C=O) groups is 2. The Bertz CT molecular complexity index is 1240. The molecule has 2 aromatic heterocycles. The Morgan fingerprint density at radius 1 is 1.12 bits per heavy atom. The number of piperidine rings is 1. The maximum atomic E-state index is 13.0. The van der Waals surface area contributed by atoms with Gasteiger partial charge in [-0.1, -0.05) is 35.6 Å². The number of rotatable bonds is 4. The number of nitrogens with zero attached hydrogens (tertiary/aromatic N) is 2. The van der Waals surface area contributed by atoms with Crippen molar-refractivity contribution in [1.82, 2.24) is 14.9 Å². The normalized spacial score (nSPS) is 13.3. The number of likely N-dealkylation sites (tertiary alicyclic amines) is 1. The van der Waals surface area contributed by atoms with Crippen LogP contribution in [0.3, 0.4) is 0 Å². The Morgan fingerprint density at radius 2 is 1.88 bits per heavy atom. The lowest BCUT2D eigenvalue weighted by atomic mass is 10.0. The van der Waals surface area contributed by atoms with E-state index in [9.17, 15) is 9.59 Å². The number of allylic oxidation sites excluding steroid dienone is 1. The molecule has 1 fully saturated rings. The number of ketones is 1. The fourth-order valence-corrected chi connectivity index (χ4v) is 3.73. The summed E-state index contributed by atoms with van der Waals surface area (Å²) < 4.78 is 10.6. The van der Waals surface area contributed by atoms with Gasteiger partial charge in [0.2, 0.25) is 5.88 Å². The molecule has 3 aromatic rings. The quantitative estimate of drug-likeness (QED) is 0.391. The van der Waals surface area contributed by atoms with E-state index in [1.165, 1.54) is 32.2 Å². The summed E-state index contributed by atoms with van der Waals surface area (Å²) in [4.78, 5) is 34.7. The van der Waals surface area contributed by atoms with Crippen LogP contribution in [0.2, 0.25) is 0 Å². The number of H-pyrrole nitrogens is 1. The van der Waals surface area contributed by atoms with Crippen LogP contribution in [0.4, 0.5) is 0 Å². The van der Waals surface area contributed by atoms with Crippen molar-refractivity contribution in [2.45, 2.75) is 12.8 Å². The third-order valence-corrected chi connectivity index (χ3v) is 5.45. The number of hydrogen-bond acceptors (Lipinski definition) is 5. The molecule has 0 spiro atoms. The summed E-state index contributed by atoms with van der Waals surface area (Å²) in [7, 11) is 2.98. The third kappa shape index (κ3) is 4.21. The molecule has 7 heteroatoms. The first-order chi connectivity index (χ1) is 15.6. The molecule has 1 saturated heterocycles. The summed E-state index contributed by atoms with van der Waals surface area (Å²) in [6.07, 6.45) is 6.28. The first-order valence-electron chi connectivity index (χ1n) is 10.3. The maximum absolute atomic E-state index is 13.0. The summed E-state index contributed by atoms with van der Waals surface area (Å²) in [6.45, 7) is 0.960. The van der Waals surface area contributed by atoms with Gasteiger partial charge in [-0.25, -0.2) is 4.98 Å². The minimum absolute atomic E-state index is 0.248. The lowest BCUT2D eigenvalue weighted by Crippen LogP contribution is -2.40. The number of nitrogens with one attached hydrogen (secondary N) is 1. The second-order valence-corrected chi connectivity index (χ2v) is 7.35. The van der Waals surface area contributed by atoms with Gasteiger partial charge in [-0.3, -0.25) is 9.59 Å². The standard InChI is InChI=1S/C25H23N3O4/c1-31-20-16-27-24(32-2)22-21(20)19(15-26-22)23(29)25(30)28-13-11-18(12-14-28)10-6-9-17-7-4-3-5-8-17/h3-5,7-8,10,15-16,26H,11-14H2,1-2H3. The minimum atomic E-state index is -0.584. The molecule has 0 aliphatic carbocycles. The highest BCUT2D eigenvalue weighted by Gasteiger charge is 2.29. The van der Waals surface area contributed by atoms with Crippen LogP contribution >= 0.6 is 0 Å². The van der Waals surface area contributed by atoms with Gasteiger partial charge in [0, 0.05) is 24.8 Å². The molecule has 0 atom stereocenters. The number of pyridine rings is 1. The predicted molar refractivity (Wildman–Crippen MR) is 121 cm³/mol. The second kappa shape index (κ2) is 9.40. The average molecular weight is 429 g/mol. The highest BCUT2D eigenvalue weighted by Crippen LogP contribution is 2.33. The molecule has 1 N–H and O–H groups in total. The van der Waals surface area contributed by atoms with Crippen molar-refractivity contribution in [3.05, 3.63) is 65.5 Å². The fourth-order valence-electron chi connectivity index (χ4n) is 3.73. The lowest BCUT2D eigenvalue weighted by Gasteiger charge is -2.27. The molecular formula is C25H23N3O4. The molecule has 32 heavy (non-hydrogen) atoms. The number of fused-ring (bicyclic) bond motifs is 1. The van der Waals surface area contributed by atoms with Crippen LogP contribution in [0.5, 0.6) is 11.6 Å². The van der Waals surface area contributed by atoms with Crippen molar-refractivity contribution in [3.63, 3.8) is 0 Å². The zero-order valence-corrected chi connectivity index (χ0v) is 18.0. The van der Waals surface area contributed by atoms with E-state index in [0.717, 1.165) is 5.56 Å². The van der Waals surface area contributed by atoms with Gasteiger partial charge in [0.1, 0.15) is 11.3 Å². The number of methoxy groups -OCH3 is 2. The number of ether oxygens (including phenoxy) is 2. The van der Waals surface area contributed by atoms with Crippen molar-refractivity contribution in [3.8, 4) is 23.5 Å². The summed E-state index contributed by atoms with van der Waals surface area (Å²) in [6, 6.07) is 9.78. The van der Waals surface area contributed by atoms with E-state index >= 15 is 0 Å². The minimum Gasteiger partial charge on any atom is -0.494 e. The van der Waals surface area contributed by atoms with Crippen LogP contribution in [-0.4, -0.2) is 53.9 Å². The van der Waals surface area contributed by atoms with E-state index < -0.39 is 11.7 Å². The number of Topliss-reactive ketones (excluding diaryl/α,β-unsaturated/α-hetero) is 1. The molecule has 3 heterocycles. The van der Waals surface area contributed by atoms with Crippen molar-refractivity contribution < 1.29 is 19.1 Å². The Hall–Kier alpha value is -4.05. The van der Waals surface area contributed by atoms with Crippen LogP contribution in [0.15, 0.2) is 54.4 Å². The average Bonchev–Trinajstić information content (AvgIpc) is 3.29. The number of benzene rings is 1. The topological polar surface area (TPSA) is 84.5 Å². The maximum Gasteiger partial charge on any atom is 0.295 e.